The van der Waals surface area contributed by atoms with Crippen LogP contribution in [0.15, 0.2) is 59.2 Å². The quantitative estimate of drug-likeness (QED) is 0.676. The normalized spacial score (nSPS) is 16.4. The highest BCUT2D eigenvalue weighted by atomic mass is 79.9. The lowest BCUT2D eigenvalue weighted by Crippen LogP contribution is -2.31. The summed E-state index contributed by atoms with van der Waals surface area (Å²) in [5.41, 5.74) is 3.36. The van der Waals surface area contributed by atoms with E-state index in [1.165, 1.54) is 0 Å². The average molecular weight is 427 g/mol. The van der Waals surface area contributed by atoms with Crippen LogP contribution in [-0.2, 0) is 4.74 Å². The number of aromatic nitrogens is 3. The Morgan fingerprint density at radius 1 is 1.19 bits per heavy atom. The van der Waals surface area contributed by atoms with Crippen LogP contribution in [0.4, 0.5) is 0 Å². The Kier molecular flexibility index (Phi) is 5.31. The van der Waals surface area contributed by atoms with Gasteiger partial charge in [-0.15, -0.1) is 5.10 Å². The SMILES string of the molecule is O=C(NCC1CCCO1)c1ccc(-n2nncc2-c2ccc(Br)cc2)cc1. The number of hydrogen-bond acceptors (Lipinski definition) is 4. The molecule has 4 rings (SSSR count). The molecule has 1 atom stereocenters. The summed E-state index contributed by atoms with van der Waals surface area (Å²) < 4.78 is 8.31. The van der Waals surface area contributed by atoms with Gasteiger partial charge >= 0.3 is 0 Å². The van der Waals surface area contributed by atoms with Crippen LogP contribution in [0.5, 0.6) is 0 Å². The zero-order valence-electron chi connectivity index (χ0n) is 14.6. The van der Waals surface area contributed by atoms with Crippen LogP contribution in [0.3, 0.4) is 0 Å². The molecule has 3 aromatic rings. The number of benzene rings is 2. The topological polar surface area (TPSA) is 69.0 Å². The minimum absolute atomic E-state index is 0.0937. The lowest BCUT2D eigenvalue weighted by atomic mass is 10.1. The molecule has 1 N–H and O–H groups in total. The molecule has 2 aromatic carbocycles. The number of nitrogens with zero attached hydrogens (tertiary/aromatic N) is 3. The minimum Gasteiger partial charge on any atom is -0.376 e. The Labute approximate surface area is 165 Å². The second kappa shape index (κ2) is 8.02. The Hall–Kier alpha value is -2.51. The first-order valence-electron chi connectivity index (χ1n) is 8.87. The molecule has 138 valence electrons. The second-order valence-electron chi connectivity index (χ2n) is 6.43. The van der Waals surface area contributed by atoms with Crippen molar-refractivity contribution in [3.63, 3.8) is 0 Å². The highest BCUT2D eigenvalue weighted by molar-refractivity contribution is 9.10. The lowest BCUT2D eigenvalue weighted by molar-refractivity contribution is 0.0858. The van der Waals surface area contributed by atoms with Crippen molar-refractivity contribution in [3.8, 4) is 16.9 Å². The van der Waals surface area contributed by atoms with Crippen LogP contribution >= 0.6 is 15.9 Å². The summed E-state index contributed by atoms with van der Waals surface area (Å²) in [7, 11) is 0. The maximum absolute atomic E-state index is 12.3. The van der Waals surface area contributed by atoms with Gasteiger partial charge in [-0.1, -0.05) is 33.3 Å². The molecule has 7 heteroatoms. The van der Waals surface area contributed by atoms with Crippen LogP contribution in [0.25, 0.3) is 16.9 Å². The molecule has 2 heterocycles. The summed E-state index contributed by atoms with van der Waals surface area (Å²) in [5.74, 6) is -0.0937. The van der Waals surface area contributed by atoms with Crippen LogP contribution in [0.2, 0.25) is 0 Å². The Morgan fingerprint density at radius 2 is 1.96 bits per heavy atom. The molecule has 1 unspecified atom stereocenters. The van der Waals surface area contributed by atoms with Crippen molar-refractivity contribution in [2.75, 3.05) is 13.2 Å². The first kappa shape index (κ1) is 17.9. The number of ether oxygens (including phenoxy) is 1. The predicted octanol–water partition coefficient (Wildman–Crippen LogP) is 3.61. The zero-order valence-corrected chi connectivity index (χ0v) is 16.2. The molecule has 1 saturated heterocycles. The number of hydrogen-bond donors (Lipinski definition) is 1. The second-order valence-corrected chi connectivity index (χ2v) is 7.35. The number of carbonyl (C=O) groups excluding carboxylic acids is 1. The molecule has 0 spiro atoms. The summed E-state index contributed by atoms with van der Waals surface area (Å²) in [6.07, 6.45) is 3.93. The van der Waals surface area contributed by atoms with Gasteiger partial charge in [-0.3, -0.25) is 4.79 Å². The fourth-order valence-corrected chi connectivity index (χ4v) is 3.38. The van der Waals surface area contributed by atoms with E-state index in [9.17, 15) is 4.79 Å². The highest BCUT2D eigenvalue weighted by Gasteiger charge is 2.17. The van der Waals surface area contributed by atoms with Crippen molar-refractivity contribution >= 4 is 21.8 Å². The summed E-state index contributed by atoms with van der Waals surface area (Å²) in [5, 5.41) is 11.2. The maximum atomic E-state index is 12.3. The van der Waals surface area contributed by atoms with Gasteiger partial charge in [0.05, 0.1) is 23.7 Å². The van der Waals surface area contributed by atoms with E-state index < -0.39 is 0 Å². The number of carbonyl (C=O) groups is 1. The van der Waals surface area contributed by atoms with Gasteiger partial charge in [0.15, 0.2) is 0 Å². The smallest absolute Gasteiger partial charge is 0.251 e. The molecule has 1 aliphatic rings. The summed E-state index contributed by atoms with van der Waals surface area (Å²) in [6, 6.07) is 15.3. The maximum Gasteiger partial charge on any atom is 0.251 e. The fraction of sp³-hybridized carbons (Fsp3) is 0.250. The highest BCUT2D eigenvalue weighted by Crippen LogP contribution is 2.23. The molecule has 0 aliphatic carbocycles. The molecule has 1 amide bonds. The van der Waals surface area contributed by atoms with Crippen molar-refractivity contribution in [2.45, 2.75) is 18.9 Å². The monoisotopic (exact) mass is 426 g/mol. The third-order valence-electron chi connectivity index (χ3n) is 4.58. The van der Waals surface area contributed by atoms with Crippen molar-refractivity contribution < 1.29 is 9.53 Å². The molecule has 1 aliphatic heterocycles. The van der Waals surface area contributed by atoms with Crippen LogP contribution in [-0.4, -0.2) is 40.2 Å². The molecular formula is C20H19BrN4O2. The number of amides is 1. The Balaban J connectivity index is 1.48. The molecule has 1 fully saturated rings. The van der Waals surface area contributed by atoms with E-state index in [-0.39, 0.29) is 12.0 Å². The van der Waals surface area contributed by atoms with Crippen LogP contribution in [0.1, 0.15) is 23.2 Å². The summed E-state index contributed by atoms with van der Waals surface area (Å²) in [4.78, 5) is 12.3. The van der Waals surface area contributed by atoms with Gasteiger partial charge in [-0.2, -0.15) is 0 Å². The minimum atomic E-state index is -0.0937. The summed E-state index contributed by atoms with van der Waals surface area (Å²) >= 11 is 3.44. The van der Waals surface area contributed by atoms with Crippen LogP contribution in [0, 0.1) is 0 Å². The van der Waals surface area contributed by atoms with Crippen molar-refractivity contribution in [1.82, 2.24) is 20.3 Å². The van der Waals surface area contributed by atoms with E-state index in [4.69, 9.17) is 4.74 Å². The molecule has 27 heavy (non-hydrogen) atoms. The lowest BCUT2D eigenvalue weighted by Gasteiger charge is -2.11. The molecule has 1 aromatic heterocycles. The molecule has 0 bridgehead atoms. The van der Waals surface area contributed by atoms with Gasteiger partial charge < -0.3 is 10.1 Å². The van der Waals surface area contributed by atoms with E-state index in [0.29, 0.717) is 12.1 Å². The van der Waals surface area contributed by atoms with Gasteiger partial charge in [-0.25, -0.2) is 4.68 Å². The van der Waals surface area contributed by atoms with Crippen molar-refractivity contribution in [2.24, 2.45) is 0 Å². The number of nitrogens with one attached hydrogen (secondary N) is 1. The standard InChI is InChI=1S/C20H19BrN4O2/c21-16-7-3-14(4-8-16)19-13-23-24-25(19)17-9-5-15(6-10-17)20(26)22-12-18-2-1-11-27-18/h3-10,13,18H,1-2,11-12H2,(H,22,26). The van der Waals surface area contributed by atoms with E-state index in [1.807, 2.05) is 36.4 Å². The third-order valence-corrected chi connectivity index (χ3v) is 5.11. The first-order chi connectivity index (χ1) is 13.2. The van der Waals surface area contributed by atoms with E-state index in [0.717, 1.165) is 40.9 Å². The van der Waals surface area contributed by atoms with Crippen molar-refractivity contribution in [3.05, 3.63) is 64.8 Å². The number of halogens is 1. The number of rotatable bonds is 5. The average Bonchev–Trinajstić information content (AvgIpc) is 3.39. The van der Waals surface area contributed by atoms with Gasteiger partial charge in [0.25, 0.3) is 5.91 Å². The molecular weight excluding hydrogens is 408 g/mol. The van der Waals surface area contributed by atoms with Gasteiger partial charge in [0.1, 0.15) is 0 Å². The molecule has 6 nitrogen and oxygen atoms in total. The molecule has 0 saturated carbocycles. The first-order valence-corrected chi connectivity index (χ1v) is 9.67. The third kappa shape index (κ3) is 4.09. The van der Waals surface area contributed by atoms with Gasteiger partial charge in [0, 0.05) is 28.8 Å². The zero-order chi connectivity index (χ0) is 18.6. The van der Waals surface area contributed by atoms with E-state index in [2.05, 4.69) is 31.6 Å². The largest absolute Gasteiger partial charge is 0.376 e. The van der Waals surface area contributed by atoms with Crippen LogP contribution < -0.4 is 5.32 Å². The van der Waals surface area contributed by atoms with Gasteiger partial charge in [-0.05, 0) is 49.2 Å². The predicted molar refractivity (Wildman–Crippen MR) is 106 cm³/mol. The van der Waals surface area contributed by atoms with E-state index in [1.54, 1.807) is 23.0 Å². The Bertz CT molecular complexity index is 916. The molecule has 0 radical (unpaired) electrons. The Morgan fingerprint density at radius 3 is 2.67 bits per heavy atom. The fourth-order valence-electron chi connectivity index (χ4n) is 3.11. The van der Waals surface area contributed by atoms with E-state index >= 15 is 0 Å². The van der Waals surface area contributed by atoms with Crippen molar-refractivity contribution in [1.29, 1.82) is 0 Å². The summed E-state index contributed by atoms with van der Waals surface area (Å²) in [6.45, 7) is 1.34. The van der Waals surface area contributed by atoms with Gasteiger partial charge in [0.2, 0.25) is 0 Å².